The van der Waals surface area contributed by atoms with Crippen LogP contribution in [-0.4, -0.2) is 40.8 Å². The van der Waals surface area contributed by atoms with E-state index in [1.807, 2.05) is 0 Å². The topological polar surface area (TPSA) is 120 Å². The van der Waals surface area contributed by atoms with Gasteiger partial charge in [0.2, 0.25) is 0 Å². The monoisotopic (exact) mass is 392 g/mol. The van der Waals surface area contributed by atoms with Crippen molar-refractivity contribution >= 4 is 95.9 Å². The second kappa shape index (κ2) is 16.3. The van der Waals surface area contributed by atoms with Crippen LogP contribution in [0.3, 0.4) is 0 Å². The van der Waals surface area contributed by atoms with Crippen LogP contribution in [0, 0.1) is 0 Å². The van der Waals surface area contributed by atoms with Gasteiger partial charge in [0, 0.05) is 0 Å². The van der Waals surface area contributed by atoms with Gasteiger partial charge in [-0.05, 0) is 0 Å². The first-order valence-electron chi connectivity index (χ1n) is 3.40. The Morgan fingerprint density at radius 1 is 0.579 bits per heavy atom. The van der Waals surface area contributed by atoms with E-state index in [0.29, 0.717) is 0 Å². The molecule has 0 fully saturated rings. The fourth-order valence-corrected chi connectivity index (χ4v) is 0. The molecule has 0 spiro atoms. The van der Waals surface area contributed by atoms with Gasteiger partial charge in [0.15, 0.2) is 0 Å². The maximum atomic E-state index is 9.32. The Bertz CT molecular complexity index is 230. The van der Waals surface area contributed by atoms with E-state index in [1.165, 1.54) is 0 Å². The SMILES string of the molecule is O=C([O-])C(Cl)Cl.O=C([O-])C(Cl)Cl.O=C([O-])C(Cl)Cl.[B+3]. The molecule has 0 heterocycles. The zero-order valence-corrected chi connectivity index (χ0v) is 13.1. The summed E-state index contributed by atoms with van der Waals surface area (Å²) in [6, 6.07) is 0. The molecular weight excluding hydrogens is 392 g/mol. The third kappa shape index (κ3) is 32.1. The van der Waals surface area contributed by atoms with Crippen LogP contribution in [0.2, 0.25) is 0 Å². The van der Waals surface area contributed by atoms with Gasteiger partial charge in [-0.25, -0.2) is 0 Å². The summed E-state index contributed by atoms with van der Waals surface area (Å²) < 4.78 is 0. The molecule has 0 saturated heterocycles. The third-order valence-electron chi connectivity index (χ3n) is 0.535. The Kier molecular flexibility index (Phi) is 23.6. The molecule has 0 aromatic rings. The summed E-state index contributed by atoms with van der Waals surface area (Å²) in [5, 5.41) is 28.0. The molecule has 0 aromatic heterocycles. The van der Waals surface area contributed by atoms with Gasteiger partial charge < -0.3 is 29.7 Å². The van der Waals surface area contributed by atoms with Gasteiger partial charge in [-0.2, -0.15) is 0 Å². The number of hydrogen-bond donors (Lipinski definition) is 0. The summed E-state index contributed by atoms with van der Waals surface area (Å²) in [5.41, 5.74) is 0. The molecule has 0 saturated carbocycles. The van der Waals surface area contributed by atoms with E-state index in [1.54, 1.807) is 0 Å². The number of aliphatic carboxylic acids is 3. The van der Waals surface area contributed by atoms with Crippen molar-refractivity contribution in [3.63, 3.8) is 0 Å². The number of alkyl halides is 6. The zero-order chi connectivity index (χ0) is 15.5. The van der Waals surface area contributed by atoms with Gasteiger partial charge in [0.1, 0.15) is 14.5 Å². The maximum Gasteiger partial charge on any atom is 3.00 e. The van der Waals surface area contributed by atoms with Gasteiger partial charge in [0.05, 0.1) is 17.9 Å². The van der Waals surface area contributed by atoms with Gasteiger partial charge in [-0.1, -0.05) is 69.6 Å². The number of carboxylic acids is 3. The van der Waals surface area contributed by atoms with Crippen molar-refractivity contribution in [2.75, 3.05) is 0 Å². The number of rotatable bonds is 3. The molecular formula is C6H3BCl6O6. The van der Waals surface area contributed by atoms with Gasteiger partial charge in [-0.15, -0.1) is 0 Å². The molecule has 0 unspecified atom stereocenters. The molecule has 0 radical (unpaired) electrons. The number of halogens is 6. The predicted molar refractivity (Wildman–Crippen MR) is 67.3 cm³/mol. The Hall–Kier alpha value is 0.215. The van der Waals surface area contributed by atoms with Crippen LogP contribution in [0.4, 0.5) is 0 Å². The minimum Gasteiger partial charge on any atom is -0.547 e. The van der Waals surface area contributed by atoms with Crippen LogP contribution in [0.25, 0.3) is 0 Å². The van der Waals surface area contributed by atoms with E-state index in [9.17, 15) is 29.7 Å². The molecule has 6 nitrogen and oxygen atoms in total. The summed E-state index contributed by atoms with van der Waals surface area (Å²) in [5.74, 6) is -4.38. The van der Waals surface area contributed by atoms with Crippen molar-refractivity contribution in [1.82, 2.24) is 0 Å². The van der Waals surface area contributed by atoms with E-state index in [2.05, 4.69) is 0 Å². The molecule has 0 aliphatic heterocycles. The maximum absolute atomic E-state index is 9.32. The molecule has 0 amide bonds. The van der Waals surface area contributed by atoms with E-state index in [-0.39, 0.29) is 8.41 Å². The number of carboxylic acid groups (broad SMARTS) is 3. The van der Waals surface area contributed by atoms with Crippen molar-refractivity contribution in [3.8, 4) is 0 Å². The first-order chi connectivity index (χ1) is 7.93. The summed E-state index contributed by atoms with van der Waals surface area (Å²) >= 11 is 28.3. The summed E-state index contributed by atoms with van der Waals surface area (Å²) in [6.07, 6.45) is 0. The standard InChI is InChI=1S/3C2H2Cl2O2.B/c3*3-1(4)2(5)6;/h3*1H,(H,5,6);/q;;;+3/p-3. The van der Waals surface area contributed by atoms with Crippen LogP contribution in [-0.2, 0) is 14.4 Å². The second-order valence-corrected chi connectivity index (χ2v) is 5.15. The van der Waals surface area contributed by atoms with Gasteiger partial charge in [0.25, 0.3) is 0 Å². The first kappa shape index (κ1) is 27.5. The van der Waals surface area contributed by atoms with Gasteiger partial charge in [-0.3, -0.25) is 0 Å². The normalized spacial score (nSPS) is 8.68. The molecule has 0 N–H and O–H groups in total. The minimum atomic E-state index is -1.46. The molecule has 0 aromatic carbocycles. The van der Waals surface area contributed by atoms with Crippen molar-refractivity contribution in [2.24, 2.45) is 0 Å². The molecule has 19 heavy (non-hydrogen) atoms. The van der Waals surface area contributed by atoms with E-state index < -0.39 is 32.4 Å². The van der Waals surface area contributed by atoms with E-state index in [4.69, 9.17) is 69.6 Å². The van der Waals surface area contributed by atoms with Crippen LogP contribution in [0.5, 0.6) is 0 Å². The van der Waals surface area contributed by atoms with Crippen molar-refractivity contribution in [1.29, 1.82) is 0 Å². The molecule has 0 atom stereocenters. The first-order valence-corrected chi connectivity index (χ1v) is 6.02. The summed E-state index contributed by atoms with van der Waals surface area (Å²) in [6.45, 7) is 0. The Labute approximate surface area is 140 Å². The fourth-order valence-electron chi connectivity index (χ4n) is 0. The fraction of sp³-hybridized carbons (Fsp3) is 0.500. The average Bonchev–Trinajstić information content (AvgIpc) is 2.18. The molecule has 0 bridgehead atoms. The van der Waals surface area contributed by atoms with Crippen molar-refractivity contribution < 1.29 is 29.7 Å². The van der Waals surface area contributed by atoms with Crippen molar-refractivity contribution in [2.45, 2.75) is 14.5 Å². The largest absolute Gasteiger partial charge is 3.00 e. The molecule has 0 rings (SSSR count). The van der Waals surface area contributed by atoms with Crippen LogP contribution in [0.1, 0.15) is 0 Å². The number of carbonyl (C=O) groups is 3. The molecule has 13 heteroatoms. The predicted octanol–water partition coefficient (Wildman–Crippen LogP) is -1.76. The molecule has 108 valence electrons. The Morgan fingerprint density at radius 3 is 0.632 bits per heavy atom. The third-order valence-corrected chi connectivity index (χ3v) is 1.60. The number of carbonyl (C=O) groups excluding carboxylic acids is 3. The van der Waals surface area contributed by atoms with E-state index in [0.717, 1.165) is 0 Å². The number of hydrogen-bond acceptors (Lipinski definition) is 6. The van der Waals surface area contributed by atoms with Gasteiger partial charge >= 0.3 is 8.41 Å². The molecule has 0 aliphatic rings. The minimum absolute atomic E-state index is 0. The molecule has 0 aliphatic carbocycles. The average molecular weight is 395 g/mol. The quantitative estimate of drug-likeness (QED) is 0.413. The smallest absolute Gasteiger partial charge is 0.547 e. The second-order valence-electron chi connectivity index (χ2n) is 1.86. The summed E-state index contributed by atoms with van der Waals surface area (Å²) in [4.78, 5) is 23.8. The van der Waals surface area contributed by atoms with Crippen LogP contribution >= 0.6 is 69.6 Å². The Morgan fingerprint density at radius 2 is 0.632 bits per heavy atom. The van der Waals surface area contributed by atoms with E-state index >= 15 is 0 Å². The zero-order valence-electron chi connectivity index (χ0n) is 8.53. The Balaban J connectivity index is -0.0000000865. The summed E-state index contributed by atoms with van der Waals surface area (Å²) in [7, 11) is 0. The van der Waals surface area contributed by atoms with Crippen LogP contribution in [0.15, 0.2) is 0 Å². The van der Waals surface area contributed by atoms with Crippen molar-refractivity contribution in [3.05, 3.63) is 0 Å². The van der Waals surface area contributed by atoms with Crippen LogP contribution < -0.4 is 15.3 Å².